The normalized spacial score (nSPS) is 24.4. The number of aliphatic hydroxyl groups excluding tert-OH is 1. The molecular formula is C11H19NO5. The first-order valence-electron chi connectivity index (χ1n) is 5.62. The third-order valence-electron chi connectivity index (χ3n) is 2.21. The molecule has 0 bridgehead atoms. The molecule has 1 heterocycles. The van der Waals surface area contributed by atoms with Crippen LogP contribution in [-0.4, -0.2) is 41.5 Å². The summed E-state index contributed by atoms with van der Waals surface area (Å²) >= 11 is 0. The van der Waals surface area contributed by atoms with Gasteiger partial charge < -0.3 is 19.9 Å². The van der Waals surface area contributed by atoms with Crippen molar-refractivity contribution >= 4 is 12.1 Å². The summed E-state index contributed by atoms with van der Waals surface area (Å²) in [5.74, 6) is -0.477. The summed E-state index contributed by atoms with van der Waals surface area (Å²) in [4.78, 5) is 22.8. The predicted octanol–water partition coefficient (Wildman–Crippen LogP) is 0.578. The topological polar surface area (TPSA) is 84.9 Å². The molecule has 1 saturated heterocycles. The highest BCUT2D eigenvalue weighted by Crippen LogP contribution is 2.18. The van der Waals surface area contributed by atoms with Crippen LogP contribution in [-0.2, 0) is 14.3 Å². The molecule has 0 aliphatic carbocycles. The Morgan fingerprint density at radius 2 is 2.24 bits per heavy atom. The van der Waals surface area contributed by atoms with Crippen molar-refractivity contribution in [3.05, 3.63) is 0 Å². The van der Waals surface area contributed by atoms with Crippen LogP contribution in [0.4, 0.5) is 4.79 Å². The maximum Gasteiger partial charge on any atom is 0.408 e. The van der Waals surface area contributed by atoms with Gasteiger partial charge in [-0.1, -0.05) is 0 Å². The Labute approximate surface area is 100 Å². The second-order valence-corrected chi connectivity index (χ2v) is 5.01. The Balaban J connectivity index is 2.42. The molecule has 6 nitrogen and oxygen atoms in total. The van der Waals surface area contributed by atoms with Gasteiger partial charge in [0.25, 0.3) is 0 Å². The molecule has 0 aromatic carbocycles. The number of carbonyl (C=O) groups is 2. The maximum absolute atomic E-state index is 11.4. The van der Waals surface area contributed by atoms with E-state index in [-0.39, 0.29) is 12.7 Å². The largest absolute Gasteiger partial charge is 0.461 e. The molecule has 1 aliphatic rings. The number of ether oxygens (including phenoxy) is 2. The van der Waals surface area contributed by atoms with E-state index >= 15 is 0 Å². The Bertz CT molecular complexity index is 297. The highest BCUT2D eigenvalue weighted by molar-refractivity contribution is 5.83. The van der Waals surface area contributed by atoms with Gasteiger partial charge in [0.1, 0.15) is 17.7 Å². The van der Waals surface area contributed by atoms with E-state index in [9.17, 15) is 9.59 Å². The lowest BCUT2D eigenvalue weighted by molar-refractivity contribution is -0.143. The number of alkyl carbamates (subject to hydrolysis) is 1. The fourth-order valence-corrected chi connectivity index (χ4v) is 1.54. The molecule has 2 atom stereocenters. The average Bonchev–Trinajstić information content (AvgIpc) is 2.44. The molecule has 6 heteroatoms. The van der Waals surface area contributed by atoms with Crippen LogP contribution in [0.15, 0.2) is 0 Å². The van der Waals surface area contributed by atoms with Gasteiger partial charge in [-0.05, 0) is 20.8 Å². The van der Waals surface area contributed by atoms with Crippen LogP contribution in [0.3, 0.4) is 0 Å². The number of rotatable bonds is 3. The minimum Gasteiger partial charge on any atom is -0.461 e. The van der Waals surface area contributed by atoms with Crippen molar-refractivity contribution in [3.8, 4) is 0 Å². The minimum atomic E-state index is -0.679. The monoisotopic (exact) mass is 245 g/mol. The third kappa shape index (κ3) is 4.60. The molecule has 0 radical (unpaired) electrons. The zero-order chi connectivity index (χ0) is 13.1. The summed E-state index contributed by atoms with van der Waals surface area (Å²) in [6.45, 7) is 5.19. The predicted molar refractivity (Wildman–Crippen MR) is 59.4 cm³/mol. The molecule has 1 aliphatic heterocycles. The van der Waals surface area contributed by atoms with Gasteiger partial charge in [-0.3, -0.25) is 0 Å². The van der Waals surface area contributed by atoms with Crippen molar-refractivity contribution in [1.82, 2.24) is 5.32 Å². The SMILES string of the molecule is CC(C)(C)OC(=O)NC1CC(CCO)OC1=O. The number of esters is 1. The van der Waals surface area contributed by atoms with E-state index in [0.29, 0.717) is 12.8 Å². The van der Waals surface area contributed by atoms with E-state index in [0.717, 1.165) is 0 Å². The van der Waals surface area contributed by atoms with E-state index in [2.05, 4.69) is 5.32 Å². The van der Waals surface area contributed by atoms with Crippen LogP contribution in [0.2, 0.25) is 0 Å². The van der Waals surface area contributed by atoms with Crippen LogP contribution >= 0.6 is 0 Å². The molecular weight excluding hydrogens is 226 g/mol. The number of hydrogen-bond donors (Lipinski definition) is 2. The van der Waals surface area contributed by atoms with Crippen molar-refractivity contribution in [2.24, 2.45) is 0 Å². The zero-order valence-corrected chi connectivity index (χ0v) is 10.4. The fourth-order valence-electron chi connectivity index (χ4n) is 1.54. The Hall–Kier alpha value is -1.30. The number of aliphatic hydroxyl groups is 1. The third-order valence-corrected chi connectivity index (χ3v) is 2.21. The molecule has 2 unspecified atom stereocenters. The lowest BCUT2D eigenvalue weighted by atomic mass is 10.1. The van der Waals surface area contributed by atoms with Gasteiger partial charge in [-0.25, -0.2) is 9.59 Å². The van der Waals surface area contributed by atoms with Crippen LogP contribution < -0.4 is 5.32 Å². The van der Waals surface area contributed by atoms with Crippen LogP contribution in [0.25, 0.3) is 0 Å². The number of nitrogens with one attached hydrogen (secondary N) is 1. The molecule has 0 spiro atoms. The first kappa shape index (κ1) is 13.8. The second-order valence-electron chi connectivity index (χ2n) is 5.01. The first-order chi connectivity index (χ1) is 7.81. The van der Waals surface area contributed by atoms with E-state index in [1.807, 2.05) is 0 Å². The second kappa shape index (κ2) is 5.35. The molecule has 1 rings (SSSR count). The lowest BCUT2D eigenvalue weighted by Crippen LogP contribution is -2.41. The molecule has 0 aromatic heterocycles. The minimum absolute atomic E-state index is 0.0445. The summed E-state index contributed by atoms with van der Waals surface area (Å²) in [6, 6.07) is -0.679. The van der Waals surface area contributed by atoms with Crippen LogP contribution in [0.5, 0.6) is 0 Å². The van der Waals surface area contributed by atoms with Gasteiger partial charge in [0.15, 0.2) is 0 Å². The molecule has 1 amide bonds. The smallest absolute Gasteiger partial charge is 0.408 e. The highest BCUT2D eigenvalue weighted by atomic mass is 16.6. The molecule has 17 heavy (non-hydrogen) atoms. The number of carbonyl (C=O) groups excluding carboxylic acids is 2. The van der Waals surface area contributed by atoms with Crippen molar-refractivity contribution in [2.75, 3.05) is 6.61 Å². The molecule has 2 N–H and O–H groups in total. The van der Waals surface area contributed by atoms with Crippen molar-refractivity contribution in [1.29, 1.82) is 0 Å². The Morgan fingerprint density at radius 1 is 1.59 bits per heavy atom. The first-order valence-corrected chi connectivity index (χ1v) is 5.62. The van der Waals surface area contributed by atoms with E-state index in [1.165, 1.54) is 0 Å². The summed E-state index contributed by atoms with van der Waals surface area (Å²) in [6.07, 6.45) is -0.201. The highest BCUT2D eigenvalue weighted by Gasteiger charge is 2.35. The van der Waals surface area contributed by atoms with Gasteiger partial charge in [0.2, 0.25) is 0 Å². The standard InChI is InChI=1S/C11H19NO5/c1-11(2,3)17-10(15)12-8-6-7(4-5-13)16-9(8)14/h7-8,13H,4-6H2,1-3H3,(H,12,15). The Kier molecular flexibility index (Phi) is 4.34. The lowest BCUT2D eigenvalue weighted by Gasteiger charge is -2.20. The van der Waals surface area contributed by atoms with Gasteiger partial charge in [0, 0.05) is 19.4 Å². The van der Waals surface area contributed by atoms with E-state index in [4.69, 9.17) is 14.6 Å². The zero-order valence-electron chi connectivity index (χ0n) is 10.4. The molecule has 0 aromatic rings. The number of cyclic esters (lactones) is 1. The number of hydrogen-bond acceptors (Lipinski definition) is 5. The summed E-state index contributed by atoms with van der Waals surface area (Å²) in [5.41, 5.74) is -0.600. The Morgan fingerprint density at radius 3 is 2.76 bits per heavy atom. The fraction of sp³-hybridized carbons (Fsp3) is 0.818. The summed E-state index contributed by atoms with van der Waals surface area (Å²) in [5, 5.41) is 11.2. The molecule has 0 saturated carbocycles. The number of amides is 1. The van der Waals surface area contributed by atoms with Crippen LogP contribution in [0, 0.1) is 0 Å². The molecule has 98 valence electrons. The van der Waals surface area contributed by atoms with Crippen molar-refractivity contribution in [3.63, 3.8) is 0 Å². The maximum atomic E-state index is 11.4. The van der Waals surface area contributed by atoms with Gasteiger partial charge >= 0.3 is 12.1 Å². The van der Waals surface area contributed by atoms with E-state index in [1.54, 1.807) is 20.8 Å². The average molecular weight is 245 g/mol. The van der Waals surface area contributed by atoms with Crippen molar-refractivity contribution < 1.29 is 24.2 Å². The summed E-state index contributed by atoms with van der Waals surface area (Å²) < 4.78 is 10.0. The van der Waals surface area contributed by atoms with Crippen molar-refractivity contribution in [2.45, 2.75) is 51.4 Å². The van der Waals surface area contributed by atoms with Gasteiger partial charge in [0.05, 0.1) is 0 Å². The van der Waals surface area contributed by atoms with Gasteiger partial charge in [-0.2, -0.15) is 0 Å². The summed E-state index contributed by atoms with van der Waals surface area (Å²) in [7, 11) is 0. The van der Waals surface area contributed by atoms with Gasteiger partial charge in [-0.15, -0.1) is 0 Å². The van der Waals surface area contributed by atoms with E-state index < -0.39 is 23.7 Å². The van der Waals surface area contributed by atoms with Crippen LogP contribution in [0.1, 0.15) is 33.6 Å². The quantitative estimate of drug-likeness (QED) is 0.710. The molecule has 1 fully saturated rings.